The van der Waals surface area contributed by atoms with Gasteiger partial charge in [-0.15, -0.1) is 0 Å². The molecule has 0 saturated carbocycles. The van der Waals surface area contributed by atoms with Crippen LogP contribution in [-0.4, -0.2) is 0 Å². The zero-order chi connectivity index (χ0) is 5.11. The molecule has 1 aromatic carbocycles. The van der Waals surface area contributed by atoms with Crippen LogP contribution in [0.3, 0.4) is 0 Å². The van der Waals surface area contributed by atoms with Crippen molar-refractivity contribution in [2.75, 3.05) is 0 Å². The van der Waals surface area contributed by atoms with E-state index in [1.807, 2.05) is 30.3 Å². The molecule has 0 saturated heterocycles. The molecule has 0 N–H and O–H groups in total. The van der Waals surface area contributed by atoms with Crippen molar-refractivity contribution in [2.24, 2.45) is 0 Å². The summed E-state index contributed by atoms with van der Waals surface area (Å²) in [6, 6.07) is 10.0. The second-order valence-electron chi connectivity index (χ2n) is 1.26. The molecule has 0 radical (unpaired) electrons. The fraction of sp³-hybridized carbons (Fsp3) is 0. The minimum absolute atomic E-state index is 0. The first kappa shape index (κ1) is 8.31. The molecule has 2 heteroatoms. The first-order chi connectivity index (χ1) is 3.39. The summed E-state index contributed by atoms with van der Waals surface area (Å²) in [6.45, 7) is 0. The van der Waals surface area contributed by atoms with Gasteiger partial charge in [-0.25, -0.2) is 0 Å². The SMILES string of the molecule is P.[Pd][c]1ccccc1. The van der Waals surface area contributed by atoms with Crippen LogP contribution in [0.25, 0.3) is 0 Å². The van der Waals surface area contributed by atoms with Crippen LogP contribution >= 0.6 is 9.90 Å². The number of hydrogen-bond acceptors (Lipinski definition) is 0. The van der Waals surface area contributed by atoms with E-state index in [-0.39, 0.29) is 9.90 Å². The van der Waals surface area contributed by atoms with Crippen LogP contribution in [0.4, 0.5) is 0 Å². The summed E-state index contributed by atoms with van der Waals surface area (Å²) in [5, 5.41) is 0. The van der Waals surface area contributed by atoms with E-state index < -0.39 is 0 Å². The molecule has 0 bridgehead atoms. The summed E-state index contributed by atoms with van der Waals surface area (Å²) in [5.41, 5.74) is 0. The third kappa shape index (κ3) is 2.58. The Morgan fingerprint density at radius 3 is 1.75 bits per heavy atom. The van der Waals surface area contributed by atoms with E-state index in [0.717, 1.165) is 0 Å². The average Bonchev–Trinajstić information content (AvgIpc) is 1.69. The van der Waals surface area contributed by atoms with Crippen molar-refractivity contribution in [3.05, 3.63) is 30.3 Å². The normalized spacial score (nSPS) is 7.75. The molecule has 0 aliphatic heterocycles. The van der Waals surface area contributed by atoms with Crippen LogP contribution in [0.5, 0.6) is 0 Å². The van der Waals surface area contributed by atoms with Crippen molar-refractivity contribution in [3.63, 3.8) is 0 Å². The fourth-order valence-corrected chi connectivity index (χ4v) is 0.702. The molecule has 0 aliphatic carbocycles. The molecule has 0 spiro atoms. The van der Waals surface area contributed by atoms with Crippen LogP contribution in [-0.2, 0) is 19.2 Å². The van der Waals surface area contributed by atoms with E-state index in [1.54, 1.807) is 0 Å². The van der Waals surface area contributed by atoms with E-state index in [4.69, 9.17) is 0 Å². The van der Waals surface area contributed by atoms with Gasteiger partial charge >= 0.3 is 53.6 Å². The number of benzene rings is 1. The number of rotatable bonds is 0. The molecule has 0 aromatic heterocycles. The molecule has 0 fully saturated rings. The molecule has 0 amide bonds. The standard InChI is InChI=1S/C6H5.H3P.Pd/c1-2-4-6-5-3-1;;/h1-5H;1H3;. The minimum atomic E-state index is 0. The summed E-state index contributed by atoms with van der Waals surface area (Å²) < 4.78 is 1.17. The molecule has 0 nitrogen and oxygen atoms in total. The maximum atomic E-state index is 3.07. The predicted octanol–water partition coefficient (Wildman–Crippen LogP) is 0.917. The third-order valence-electron chi connectivity index (χ3n) is 0.713. The van der Waals surface area contributed by atoms with Gasteiger partial charge < -0.3 is 0 Å². The van der Waals surface area contributed by atoms with Crippen molar-refractivity contribution in [1.29, 1.82) is 0 Å². The van der Waals surface area contributed by atoms with Crippen LogP contribution < -0.4 is 4.04 Å². The van der Waals surface area contributed by atoms with Gasteiger partial charge in [0.15, 0.2) is 0 Å². The van der Waals surface area contributed by atoms with Gasteiger partial charge in [0.1, 0.15) is 0 Å². The van der Waals surface area contributed by atoms with Gasteiger partial charge in [0.2, 0.25) is 0 Å². The van der Waals surface area contributed by atoms with Gasteiger partial charge in [0, 0.05) is 0 Å². The van der Waals surface area contributed by atoms with E-state index in [1.165, 1.54) is 4.04 Å². The van der Waals surface area contributed by atoms with E-state index in [0.29, 0.717) is 0 Å². The quantitative estimate of drug-likeness (QED) is 0.448. The van der Waals surface area contributed by atoms with Gasteiger partial charge in [0.05, 0.1) is 0 Å². The van der Waals surface area contributed by atoms with Crippen molar-refractivity contribution in [3.8, 4) is 0 Å². The Morgan fingerprint density at radius 2 is 1.50 bits per heavy atom. The first-order valence-electron chi connectivity index (χ1n) is 2.07. The van der Waals surface area contributed by atoms with Crippen molar-refractivity contribution in [1.82, 2.24) is 0 Å². The molecule has 1 aromatic rings. The molecular weight excluding hydrogens is 209 g/mol. The Bertz CT molecular complexity index is 138. The van der Waals surface area contributed by atoms with E-state index in [2.05, 4.69) is 19.2 Å². The van der Waals surface area contributed by atoms with Gasteiger partial charge in [-0.1, -0.05) is 0 Å². The molecule has 0 heterocycles. The topological polar surface area (TPSA) is 0 Å². The zero-order valence-electron chi connectivity index (χ0n) is 4.41. The summed E-state index contributed by atoms with van der Waals surface area (Å²) in [7, 11) is 0. The Hall–Kier alpha value is 0.312. The van der Waals surface area contributed by atoms with Crippen molar-refractivity contribution in [2.45, 2.75) is 0 Å². The second kappa shape index (κ2) is 4.22. The average molecular weight is 218 g/mol. The monoisotopic (exact) mass is 217 g/mol. The van der Waals surface area contributed by atoms with Gasteiger partial charge in [-0.2, -0.15) is 9.90 Å². The van der Waals surface area contributed by atoms with Crippen LogP contribution in [0.1, 0.15) is 0 Å². The Morgan fingerprint density at radius 1 is 1.00 bits per heavy atom. The Labute approximate surface area is 63.7 Å². The van der Waals surface area contributed by atoms with Gasteiger partial charge in [0.25, 0.3) is 0 Å². The van der Waals surface area contributed by atoms with Crippen LogP contribution in [0.15, 0.2) is 30.3 Å². The zero-order valence-corrected chi connectivity index (χ0v) is 7.38. The fourth-order valence-electron chi connectivity index (χ4n) is 0.403. The van der Waals surface area contributed by atoms with Crippen molar-refractivity contribution >= 4 is 13.9 Å². The Kier molecular flexibility index (Phi) is 4.38. The molecule has 1 atom stereocenters. The summed E-state index contributed by atoms with van der Waals surface area (Å²) in [6.07, 6.45) is 0. The maximum absolute atomic E-state index is 3.07. The predicted molar refractivity (Wildman–Crippen MR) is 37.2 cm³/mol. The van der Waals surface area contributed by atoms with E-state index in [9.17, 15) is 0 Å². The Balaban J connectivity index is 0.000000490. The van der Waals surface area contributed by atoms with Gasteiger partial charge in [-0.3, -0.25) is 0 Å². The number of hydrogen-bond donors (Lipinski definition) is 0. The summed E-state index contributed by atoms with van der Waals surface area (Å²) in [4.78, 5) is 0. The second-order valence-corrected chi connectivity index (χ2v) is 2.16. The summed E-state index contributed by atoms with van der Waals surface area (Å²) in [5.74, 6) is 0. The van der Waals surface area contributed by atoms with Crippen LogP contribution in [0.2, 0.25) is 0 Å². The van der Waals surface area contributed by atoms with E-state index >= 15 is 0 Å². The molecule has 47 valence electrons. The molecule has 8 heavy (non-hydrogen) atoms. The first-order valence-corrected chi connectivity index (χ1v) is 2.85. The third-order valence-corrected chi connectivity index (χ3v) is 1.23. The van der Waals surface area contributed by atoms with Gasteiger partial charge in [-0.05, 0) is 0 Å². The molecule has 1 rings (SSSR count). The molecule has 0 aliphatic rings. The van der Waals surface area contributed by atoms with Crippen LogP contribution in [0, 0.1) is 0 Å². The molecule has 1 unspecified atom stereocenters. The summed E-state index contributed by atoms with van der Waals surface area (Å²) >= 11 is 3.07. The molecular formula is C6H8PPd. The van der Waals surface area contributed by atoms with Crippen molar-refractivity contribution < 1.29 is 19.2 Å².